The molecule has 1 aliphatic rings. The molecule has 0 spiro atoms. The minimum atomic E-state index is -4.51. The molecule has 3 heterocycles. The molecule has 2 aromatic rings. The van der Waals surface area contributed by atoms with Gasteiger partial charge in [-0.15, -0.1) is 0 Å². The van der Waals surface area contributed by atoms with Crippen LogP contribution in [0.15, 0.2) is 12.4 Å². The van der Waals surface area contributed by atoms with Gasteiger partial charge in [0.05, 0.1) is 12.4 Å². The predicted molar refractivity (Wildman–Crippen MR) is 96.2 cm³/mol. The number of hydrogen-bond acceptors (Lipinski definition) is 7. The highest BCUT2D eigenvalue weighted by Gasteiger charge is 2.33. The van der Waals surface area contributed by atoms with Gasteiger partial charge in [-0.2, -0.15) is 13.2 Å². The van der Waals surface area contributed by atoms with Crippen molar-refractivity contribution in [3.05, 3.63) is 35.2 Å². The molecule has 0 radical (unpaired) electrons. The highest BCUT2D eigenvalue weighted by Crippen LogP contribution is 2.28. The van der Waals surface area contributed by atoms with E-state index >= 15 is 0 Å². The Morgan fingerprint density at radius 3 is 2.57 bits per heavy atom. The molecule has 1 amide bonds. The number of nitrogens with one attached hydrogen (secondary N) is 2. The van der Waals surface area contributed by atoms with Gasteiger partial charge >= 0.3 is 6.18 Å². The summed E-state index contributed by atoms with van der Waals surface area (Å²) in [5.41, 5.74) is 0.566. The number of alkyl halides is 3. The van der Waals surface area contributed by atoms with Gasteiger partial charge < -0.3 is 15.5 Å². The van der Waals surface area contributed by atoms with Crippen LogP contribution in [0.25, 0.3) is 0 Å². The van der Waals surface area contributed by atoms with Crippen molar-refractivity contribution >= 4 is 17.5 Å². The van der Waals surface area contributed by atoms with Gasteiger partial charge in [-0.25, -0.2) is 19.9 Å². The normalized spacial score (nSPS) is 16.9. The Kier molecular flexibility index (Phi) is 5.34. The number of halogens is 3. The maximum Gasteiger partial charge on any atom is 0.434 e. The van der Waals surface area contributed by atoms with E-state index in [9.17, 15) is 18.0 Å². The summed E-state index contributed by atoms with van der Waals surface area (Å²) >= 11 is 0. The molecule has 0 saturated carbocycles. The standard InChI is InChI=1S/C17H20F3N7O/c1-9-10(2)24-14(16(28)21-3)26-15(9)27-5-4-11(8-27)25-13-7-22-12(6-23-13)17(18,19)20/h6-7,11H,4-5,8H2,1-3H3,(H,21,28)(H,23,25)/t11-/m1/s1. The zero-order valence-corrected chi connectivity index (χ0v) is 15.6. The number of aromatic nitrogens is 4. The van der Waals surface area contributed by atoms with Crippen molar-refractivity contribution in [2.45, 2.75) is 32.5 Å². The van der Waals surface area contributed by atoms with E-state index in [-0.39, 0.29) is 23.6 Å². The Labute approximate surface area is 159 Å². The maximum atomic E-state index is 12.6. The van der Waals surface area contributed by atoms with E-state index in [0.29, 0.717) is 30.8 Å². The first-order chi connectivity index (χ1) is 13.2. The van der Waals surface area contributed by atoms with E-state index in [0.717, 1.165) is 18.2 Å². The minimum absolute atomic E-state index is 0.0378. The van der Waals surface area contributed by atoms with Crippen LogP contribution in [0.3, 0.4) is 0 Å². The quantitative estimate of drug-likeness (QED) is 0.817. The second kappa shape index (κ2) is 7.56. The van der Waals surface area contributed by atoms with Crippen LogP contribution in [0.2, 0.25) is 0 Å². The lowest BCUT2D eigenvalue weighted by Gasteiger charge is -2.21. The first-order valence-corrected chi connectivity index (χ1v) is 8.67. The number of carbonyl (C=O) groups excluding carboxylic acids is 1. The average Bonchev–Trinajstić information content (AvgIpc) is 3.11. The first-order valence-electron chi connectivity index (χ1n) is 8.67. The number of rotatable bonds is 4. The summed E-state index contributed by atoms with van der Waals surface area (Å²) in [4.78, 5) is 29.7. The van der Waals surface area contributed by atoms with Crippen LogP contribution in [0.4, 0.5) is 24.8 Å². The predicted octanol–water partition coefficient (Wildman–Crippen LogP) is 1.95. The topological polar surface area (TPSA) is 95.9 Å². The third kappa shape index (κ3) is 4.12. The van der Waals surface area contributed by atoms with Crippen molar-refractivity contribution < 1.29 is 18.0 Å². The zero-order chi connectivity index (χ0) is 20.5. The molecule has 2 N–H and O–H groups in total. The van der Waals surface area contributed by atoms with Crippen LogP contribution in [0, 0.1) is 13.8 Å². The van der Waals surface area contributed by atoms with Crippen LogP contribution in [-0.2, 0) is 6.18 Å². The van der Waals surface area contributed by atoms with Crippen molar-refractivity contribution in [2.75, 3.05) is 30.4 Å². The SMILES string of the molecule is CNC(=O)c1nc(C)c(C)c(N2CC[C@@H](Nc3cnc(C(F)(F)F)cn3)C2)n1. The fourth-order valence-electron chi connectivity index (χ4n) is 2.96. The van der Waals surface area contributed by atoms with Crippen molar-refractivity contribution in [1.29, 1.82) is 0 Å². The molecule has 0 bridgehead atoms. The number of nitrogens with zero attached hydrogens (tertiary/aromatic N) is 5. The molecule has 3 rings (SSSR count). The second-order valence-corrected chi connectivity index (χ2v) is 6.52. The fourth-order valence-corrected chi connectivity index (χ4v) is 2.96. The molecule has 0 unspecified atom stereocenters. The van der Waals surface area contributed by atoms with Crippen molar-refractivity contribution in [3.8, 4) is 0 Å². The molecular formula is C17H20F3N7O. The van der Waals surface area contributed by atoms with E-state index in [4.69, 9.17) is 0 Å². The Bertz CT molecular complexity index is 870. The second-order valence-electron chi connectivity index (χ2n) is 6.52. The molecule has 1 aliphatic heterocycles. The van der Waals surface area contributed by atoms with E-state index in [1.54, 1.807) is 0 Å². The van der Waals surface area contributed by atoms with Crippen molar-refractivity contribution in [3.63, 3.8) is 0 Å². The summed E-state index contributed by atoms with van der Waals surface area (Å²) in [6.07, 6.45) is -1.99. The summed E-state index contributed by atoms with van der Waals surface area (Å²) in [6.45, 7) is 4.94. The Hall–Kier alpha value is -2.98. The zero-order valence-electron chi connectivity index (χ0n) is 15.6. The highest BCUT2D eigenvalue weighted by molar-refractivity contribution is 5.90. The van der Waals surface area contributed by atoms with Crippen LogP contribution < -0.4 is 15.5 Å². The molecule has 1 atom stereocenters. The lowest BCUT2D eigenvalue weighted by atomic mass is 10.2. The van der Waals surface area contributed by atoms with Gasteiger partial charge in [-0.3, -0.25) is 4.79 Å². The number of anilines is 2. The van der Waals surface area contributed by atoms with Gasteiger partial charge in [-0.05, 0) is 20.3 Å². The molecule has 2 aromatic heterocycles. The Morgan fingerprint density at radius 2 is 1.96 bits per heavy atom. The number of aryl methyl sites for hydroxylation is 1. The number of hydrogen-bond donors (Lipinski definition) is 2. The third-order valence-corrected chi connectivity index (χ3v) is 4.58. The summed E-state index contributed by atoms with van der Waals surface area (Å²) in [7, 11) is 1.52. The lowest BCUT2D eigenvalue weighted by Crippen LogP contribution is -2.29. The van der Waals surface area contributed by atoms with Crippen LogP contribution in [0.5, 0.6) is 0 Å². The maximum absolute atomic E-state index is 12.6. The summed E-state index contributed by atoms with van der Waals surface area (Å²) in [6, 6.07) is -0.0378. The third-order valence-electron chi connectivity index (χ3n) is 4.58. The van der Waals surface area contributed by atoms with Gasteiger partial charge in [0.15, 0.2) is 5.69 Å². The molecule has 150 valence electrons. The monoisotopic (exact) mass is 395 g/mol. The molecule has 1 saturated heterocycles. The number of carbonyl (C=O) groups is 1. The van der Waals surface area contributed by atoms with Crippen LogP contribution in [0.1, 0.15) is 34.0 Å². The van der Waals surface area contributed by atoms with Gasteiger partial charge in [-0.1, -0.05) is 0 Å². The molecule has 8 nitrogen and oxygen atoms in total. The van der Waals surface area contributed by atoms with E-state index in [1.807, 2.05) is 18.7 Å². The molecule has 11 heteroatoms. The van der Waals surface area contributed by atoms with Crippen LogP contribution in [-0.4, -0.2) is 52.0 Å². The lowest BCUT2D eigenvalue weighted by molar-refractivity contribution is -0.141. The van der Waals surface area contributed by atoms with Crippen molar-refractivity contribution in [1.82, 2.24) is 25.3 Å². The summed E-state index contributed by atoms with van der Waals surface area (Å²) < 4.78 is 37.7. The van der Waals surface area contributed by atoms with Crippen molar-refractivity contribution in [2.24, 2.45) is 0 Å². The smallest absolute Gasteiger partial charge is 0.364 e. The summed E-state index contributed by atoms with van der Waals surface area (Å²) in [5, 5.41) is 5.61. The molecule has 28 heavy (non-hydrogen) atoms. The summed E-state index contributed by atoms with van der Waals surface area (Å²) in [5.74, 6) is 0.694. The van der Waals surface area contributed by atoms with Gasteiger partial charge in [0, 0.05) is 37.4 Å². The average molecular weight is 395 g/mol. The molecular weight excluding hydrogens is 375 g/mol. The molecule has 0 aliphatic carbocycles. The van der Waals surface area contributed by atoms with Gasteiger partial charge in [0.2, 0.25) is 5.82 Å². The molecule has 0 aromatic carbocycles. The van der Waals surface area contributed by atoms with E-state index in [1.165, 1.54) is 7.05 Å². The van der Waals surface area contributed by atoms with Gasteiger partial charge in [0.25, 0.3) is 5.91 Å². The Morgan fingerprint density at radius 1 is 1.21 bits per heavy atom. The fraction of sp³-hybridized carbons (Fsp3) is 0.471. The highest BCUT2D eigenvalue weighted by atomic mass is 19.4. The largest absolute Gasteiger partial charge is 0.434 e. The Balaban J connectivity index is 1.72. The number of amides is 1. The van der Waals surface area contributed by atoms with Crippen LogP contribution >= 0.6 is 0 Å². The first kappa shape index (κ1) is 19.8. The molecule has 1 fully saturated rings. The van der Waals surface area contributed by atoms with E-state index in [2.05, 4.69) is 30.6 Å². The van der Waals surface area contributed by atoms with Gasteiger partial charge in [0.1, 0.15) is 11.6 Å². The minimum Gasteiger partial charge on any atom is -0.364 e. The van der Waals surface area contributed by atoms with E-state index < -0.39 is 11.9 Å².